The maximum atomic E-state index is 12.1. The lowest BCUT2D eigenvalue weighted by Gasteiger charge is -2.35. The Kier molecular flexibility index (Phi) is 9.31. The molecule has 2 fully saturated rings. The highest BCUT2D eigenvalue weighted by Crippen LogP contribution is 2.12. The largest absolute Gasteiger partial charge is 0.444 e. The van der Waals surface area contributed by atoms with Crippen molar-refractivity contribution >= 4 is 12.1 Å². The summed E-state index contributed by atoms with van der Waals surface area (Å²) in [7, 11) is 0. The molecule has 2 aliphatic heterocycles. The average Bonchev–Trinajstić information content (AvgIpc) is 3.16. The van der Waals surface area contributed by atoms with Gasteiger partial charge in [-0.05, 0) is 53.5 Å². The van der Waals surface area contributed by atoms with Crippen molar-refractivity contribution in [2.24, 2.45) is 4.99 Å². The van der Waals surface area contributed by atoms with Gasteiger partial charge in [0.1, 0.15) is 5.60 Å². The van der Waals surface area contributed by atoms with E-state index in [1.54, 1.807) is 4.90 Å². The summed E-state index contributed by atoms with van der Waals surface area (Å²) < 4.78 is 11.1. The van der Waals surface area contributed by atoms with E-state index in [1.807, 2.05) is 20.8 Å². The van der Waals surface area contributed by atoms with Crippen LogP contribution in [0, 0.1) is 0 Å². The van der Waals surface area contributed by atoms with Gasteiger partial charge in [-0.15, -0.1) is 0 Å². The van der Waals surface area contributed by atoms with E-state index >= 15 is 0 Å². The highest BCUT2D eigenvalue weighted by atomic mass is 16.6. The molecule has 0 spiro atoms. The minimum Gasteiger partial charge on any atom is -0.444 e. The molecule has 2 aliphatic rings. The number of carbonyl (C=O) groups excluding carboxylic acids is 1. The first kappa shape index (κ1) is 22.7. The maximum Gasteiger partial charge on any atom is 0.410 e. The summed E-state index contributed by atoms with van der Waals surface area (Å²) in [6, 6.07) is 0. The molecule has 1 atom stereocenters. The van der Waals surface area contributed by atoms with Crippen molar-refractivity contribution in [1.29, 1.82) is 0 Å². The van der Waals surface area contributed by atoms with E-state index in [0.29, 0.717) is 0 Å². The number of carbonyl (C=O) groups is 1. The van der Waals surface area contributed by atoms with Gasteiger partial charge in [0.05, 0.1) is 12.6 Å². The highest BCUT2D eigenvalue weighted by molar-refractivity contribution is 5.79. The maximum absolute atomic E-state index is 12.1. The van der Waals surface area contributed by atoms with Crippen molar-refractivity contribution in [3.8, 4) is 0 Å². The number of amides is 1. The lowest BCUT2D eigenvalue weighted by molar-refractivity contribution is 0.0145. The topological polar surface area (TPSA) is 78.4 Å². The zero-order valence-electron chi connectivity index (χ0n) is 18.1. The zero-order chi connectivity index (χ0) is 20.4. The lowest BCUT2D eigenvalue weighted by atomic mass is 10.2. The van der Waals surface area contributed by atoms with Gasteiger partial charge in [0.25, 0.3) is 0 Å². The lowest BCUT2D eigenvalue weighted by Crippen LogP contribution is -2.50. The second-order valence-corrected chi connectivity index (χ2v) is 8.44. The Morgan fingerprint density at radius 3 is 2.57 bits per heavy atom. The Morgan fingerprint density at radius 1 is 1.21 bits per heavy atom. The SMILES string of the molecule is CCNC(=NCC1CCCO1)NCCCN1CCN(C(=O)OC(C)(C)C)CC1. The molecule has 0 aromatic carbocycles. The molecule has 2 saturated heterocycles. The number of ether oxygens (including phenoxy) is 2. The van der Waals surface area contributed by atoms with Crippen LogP contribution in [0.2, 0.25) is 0 Å². The van der Waals surface area contributed by atoms with Crippen LogP contribution in [0.3, 0.4) is 0 Å². The molecule has 2 rings (SSSR count). The first-order valence-electron chi connectivity index (χ1n) is 10.7. The smallest absolute Gasteiger partial charge is 0.410 e. The number of nitrogens with zero attached hydrogens (tertiary/aromatic N) is 3. The first-order valence-corrected chi connectivity index (χ1v) is 10.7. The van der Waals surface area contributed by atoms with Gasteiger partial charge in [-0.2, -0.15) is 0 Å². The number of guanidine groups is 1. The quantitative estimate of drug-likeness (QED) is 0.386. The average molecular weight is 398 g/mol. The van der Waals surface area contributed by atoms with Gasteiger partial charge in [0.2, 0.25) is 0 Å². The van der Waals surface area contributed by atoms with Crippen molar-refractivity contribution in [3.63, 3.8) is 0 Å². The molecule has 2 heterocycles. The van der Waals surface area contributed by atoms with Crippen LogP contribution in [0.4, 0.5) is 4.79 Å². The Labute approximate surface area is 170 Å². The first-order chi connectivity index (χ1) is 13.4. The van der Waals surface area contributed by atoms with Gasteiger partial charge in [-0.3, -0.25) is 9.89 Å². The van der Waals surface area contributed by atoms with Gasteiger partial charge in [0, 0.05) is 45.9 Å². The number of hydrogen-bond donors (Lipinski definition) is 2. The van der Waals surface area contributed by atoms with Crippen molar-refractivity contribution in [3.05, 3.63) is 0 Å². The molecule has 2 N–H and O–H groups in total. The summed E-state index contributed by atoms with van der Waals surface area (Å²) >= 11 is 0. The van der Waals surface area contributed by atoms with Crippen LogP contribution < -0.4 is 10.6 Å². The van der Waals surface area contributed by atoms with Gasteiger partial charge in [-0.25, -0.2) is 4.79 Å². The van der Waals surface area contributed by atoms with Crippen LogP contribution in [-0.2, 0) is 9.47 Å². The van der Waals surface area contributed by atoms with Gasteiger partial charge in [-0.1, -0.05) is 0 Å². The predicted molar refractivity (Wildman–Crippen MR) is 112 cm³/mol. The minimum atomic E-state index is -0.435. The normalized spacial score (nSPS) is 21.6. The van der Waals surface area contributed by atoms with Crippen molar-refractivity contribution in [2.45, 2.75) is 58.7 Å². The number of piperazine rings is 1. The fourth-order valence-electron chi connectivity index (χ4n) is 3.31. The Balaban J connectivity index is 1.61. The predicted octanol–water partition coefficient (Wildman–Crippen LogP) is 1.66. The number of rotatable bonds is 7. The molecule has 0 radical (unpaired) electrons. The molecule has 0 bridgehead atoms. The molecule has 0 aromatic heterocycles. The van der Waals surface area contributed by atoms with E-state index in [9.17, 15) is 4.79 Å². The molecule has 0 aromatic rings. The Morgan fingerprint density at radius 2 is 1.96 bits per heavy atom. The molecule has 0 saturated carbocycles. The number of hydrogen-bond acceptors (Lipinski definition) is 5. The molecule has 28 heavy (non-hydrogen) atoms. The summed E-state index contributed by atoms with van der Waals surface area (Å²) in [6.07, 6.45) is 3.36. The highest BCUT2D eigenvalue weighted by Gasteiger charge is 2.25. The number of aliphatic imine (C=N–C) groups is 1. The zero-order valence-corrected chi connectivity index (χ0v) is 18.1. The van der Waals surface area contributed by atoms with E-state index in [0.717, 1.165) is 84.2 Å². The molecular weight excluding hydrogens is 358 g/mol. The summed E-state index contributed by atoms with van der Waals surface area (Å²) in [6.45, 7) is 15.4. The van der Waals surface area contributed by atoms with Crippen LogP contribution >= 0.6 is 0 Å². The van der Waals surface area contributed by atoms with Crippen molar-refractivity contribution < 1.29 is 14.3 Å². The third-order valence-corrected chi connectivity index (χ3v) is 4.79. The van der Waals surface area contributed by atoms with E-state index < -0.39 is 5.60 Å². The van der Waals surface area contributed by atoms with Crippen LogP contribution in [0.1, 0.15) is 47.0 Å². The fraction of sp³-hybridized carbons (Fsp3) is 0.900. The third kappa shape index (κ3) is 8.65. The van der Waals surface area contributed by atoms with E-state index in [1.165, 1.54) is 0 Å². The Bertz CT molecular complexity index is 493. The van der Waals surface area contributed by atoms with Crippen LogP contribution in [0.15, 0.2) is 4.99 Å². The van der Waals surface area contributed by atoms with Crippen molar-refractivity contribution in [2.75, 3.05) is 59.0 Å². The second-order valence-electron chi connectivity index (χ2n) is 8.44. The minimum absolute atomic E-state index is 0.202. The van der Waals surface area contributed by atoms with Crippen LogP contribution in [0.25, 0.3) is 0 Å². The second kappa shape index (κ2) is 11.5. The molecule has 1 amide bonds. The summed E-state index contributed by atoms with van der Waals surface area (Å²) in [5.41, 5.74) is -0.435. The molecule has 162 valence electrons. The van der Waals surface area contributed by atoms with E-state index in [-0.39, 0.29) is 12.2 Å². The Hall–Kier alpha value is -1.54. The molecule has 8 heteroatoms. The fourth-order valence-corrected chi connectivity index (χ4v) is 3.31. The van der Waals surface area contributed by atoms with E-state index in [4.69, 9.17) is 9.47 Å². The monoisotopic (exact) mass is 397 g/mol. The number of nitrogens with one attached hydrogen (secondary N) is 2. The van der Waals surface area contributed by atoms with Crippen LogP contribution in [0.5, 0.6) is 0 Å². The van der Waals surface area contributed by atoms with Crippen molar-refractivity contribution in [1.82, 2.24) is 20.4 Å². The molecule has 8 nitrogen and oxygen atoms in total. The van der Waals surface area contributed by atoms with E-state index in [2.05, 4.69) is 27.4 Å². The van der Waals surface area contributed by atoms with Crippen LogP contribution in [-0.4, -0.2) is 92.5 Å². The molecule has 1 unspecified atom stereocenters. The molecule has 0 aliphatic carbocycles. The van der Waals surface area contributed by atoms with Gasteiger partial charge < -0.3 is 25.0 Å². The summed E-state index contributed by atoms with van der Waals surface area (Å²) in [4.78, 5) is 21.0. The van der Waals surface area contributed by atoms with Gasteiger partial charge in [0.15, 0.2) is 5.96 Å². The third-order valence-electron chi connectivity index (χ3n) is 4.79. The summed E-state index contributed by atoms with van der Waals surface area (Å²) in [5.74, 6) is 0.868. The standard InChI is InChI=1S/C20H39N5O3/c1-5-21-18(23-16-17-8-6-15-27-17)22-9-7-10-24-11-13-25(14-12-24)19(26)28-20(2,3)4/h17H,5-16H2,1-4H3,(H2,21,22,23). The van der Waals surface area contributed by atoms with Gasteiger partial charge >= 0.3 is 6.09 Å². The molecular formula is C20H39N5O3. The summed E-state index contributed by atoms with van der Waals surface area (Å²) in [5, 5.41) is 6.70.